The molecule has 6 heteroatoms. The molecule has 1 amide bonds. The maximum atomic E-state index is 12.3. The molecule has 1 aromatic rings. The molecule has 1 aliphatic heterocycles. The Morgan fingerprint density at radius 2 is 2.00 bits per heavy atom. The smallest absolute Gasteiger partial charge is 0.227 e. The fourth-order valence-corrected chi connectivity index (χ4v) is 4.35. The second kappa shape index (κ2) is 10.5. The summed E-state index contributed by atoms with van der Waals surface area (Å²) in [6, 6.07) is 8.67. The second-order valence-electron chi connectivity index (χ2n) is 7.90. The Balaban J connectivity index is 1.47. The summed E-state index contributed by atoms with van der Waals surface area (Å²) in [6.45, 7) is 6.13. The van der Waals surface area contributed by atoms with Gasteiger partial charge in [0, 0.05) is 37.8 Å². The molecule has 1 aromatic carbocycles. The molecule has 0 aromatic heterocycles. The minimum Gasteiger partial charge on any atom is -0.355 e. The number of likely N-dealkylation sites (N-methyl/N-ethyl adjacent to an activating group) is 1. The number of hydrogen-bond donors (Lipinski definition) is 3. The number of nitrogens with zero attached hydrogens (tertiary/aromatic N) is 2. The summed E-state index contributed by atoms with van der Waals surface area (Å²) in [5.41, 5.74) is 2.01. The van der Waals surface area contributed by atoms with Gasteiger partial charge >= 0.3 is 0 Å². The molecule has 1 heterocycles. The number of benzene rings is 1. The van der Waals surface area contributed by atoms with Gasteiger partial charge in [-0.15, -0.1) is 0 Å². The van der Waals surface area contributed by atoms with Crippen LogP contribution in [0.3, 0.4) is 0 Å². The Bertz CT molecular complexity index is 669. The zero-order valence-electron chi connectivity index (χ0n) is 17.3. The van der Waals surface area contributed by atoms with E-state index >= 15 is 0 Å². The number of carbonyl (C=O) groups excluding carboxylic acids is 1. The second-order valence-corrected chi connectivity index (χ2v) is 7.90. The SMILES string of the molecule is CCN1CCCC1CNC(=NC)NCc1cccc(NC(=O)C2CCCC2)c1. The third-order valence-corrected chi connectivity index (χ3v) is 6.01. The van der Waals surface area contributed by atoms with Crippen LogP contribution in [0.25, 0.3) is 0 Å². The lowest BCUT2D eigenvalue weighted by Gasteiger charge is -2.24. The fraction of sp³-hybridized carbons (Fsp3) is 0.636. The topological polar surface area (TPSA) is 68.8 Å². The number of likely N-dealkylation sites (tertiary alicyclic amines) is 1. The van der Waals surface area contributed by atoms with Gasteiger partial charge in [-0.05, 0) is 56.5 Å². The highest BCUT2D eigenvalue weighted by molar-refractivity contribution is 5.92. The van der Waals surface area contributed by atoms with E-state index in [1.807, 2.05) is 18.2 Å². The predicted molar refractivity (Wildman–Crippen MR) is 116 cm³/mol. The van der Waals surface area contributed by atoms with Crippen LogP contribution < -0.4 is 16.0 Å². The Kier molecular flexibility index (Phi) is 7.71. The molecule has 6 nitrogen and oxygen atoms in total. The van der Waals surface area contributed by atoms with Gasteiger partial charge in [-0.3, -0.25) is 14.7 Å². The number of rotatable bonds is 7. The molecular weight excluding hydrogens is 350 g/mol. The van der Waals surface area contributed by atoms with Crippen LogP contribution in [0, 0.1) is 5.92 Å². The lowest BCUT2D eigenvalue weighted by atomic mass is 10.1. The van der Waals surface area contributed by atoms with Crippen LogP contribution in [0.1, 0.15) is 51.0 Å². The van der Waals surface area contributed by atoms with Gasteiger partial charge in [-0.1, -0.05) is 31.9 Å². The molecule has 1 aliphatic carbocycles. The van der Waals surface area contributed by atoms with E-state index in [9.17, 15) is 4.79 Å². The standard InChI is InChI=1S/C22H35N5O/c1-3-27-13-7-12-20(27)16-25-22(23-2)24-15-17-8-6-11-19(14-17)26-21(28)18-9-4-5-10-18/h6,8,11,14,18,20H,3-5,7,9-10,12-13,15-16H2,1-2H3,(H,26,28)(H2,23,24,25). The first-order valence-corrected chi connectivity index (χ1v) is 10.8. The first-order valence-electron chi connectivity index (χ1n) is 10.8. The van der Waals surface area contributed by atoms with Gasteiger partial charge in [-0.25, -0.2) is 0 Å². The van der Waals surface area contributed by atoms with E-state index in [0.29, 0.717) is 12.6 Å². The van der Waals surface area contributed by atoms with Crippen LogP contribution >= 0.6 is 0 Å². The Morgan fingerprint density at radius 1 is 1.18 bits per heavy atom. The molecule has 0 bridgehead atoms. The number of nitrogens with one attached hydrogen (secondary N) is 3. The van der Waals surface area contributed by atoms with Crippen LogP contribution in [0.4, 0.5) is 5.69 Å². The van der Waals surface area contributed by atoms with E-state index in [-0.39, 0.29) is 11.8 Å². The van der Waals surface area contributed by atoms with Gasteiger partial charge in [0.2, 0.25) is 5.91 Å². The van der Waals surface area contributed by atoms with Crippen molar-refractivity contribution in [3.05, 3.63) is 29.8 Å². The fourth-order valence-electron chi connectivity index (χ4n) is 4.35. The molecule has 3 rings (SSSR count). The van der Waals surface area contributed by atoms with Crippen LogP contribution in [-0.2, 0) is 11.3 Å². The van der Waals surface area contributed by atoms with Crippen LogP contribution in [-0.4, -0.2) is 49.5 Å². The Hall–Kier alpha value is -2.08. The van der Waals surface area contributed by atoms with Gasteiger partial charge in [0.25, 0.3) is 0 Å². The summed E-state index contributed by atoms with van der Waals surface area (Å²) in [5, 5.41) is 9.92. The van der Waals surface area contributed by atoms with E-state index < -0.39 is 0 Å². The number of carbonyl (C=O) groups is 1. The molecule has 1 saturated carbocycles. The van der Waals surface area contributed by atoms with Crippen molar-refractivity contribution in [3.8, 4) is 0 Å². The van der Waals surface area contributed by atoms with Gasteiger partial charge in [0.05, 0.1) is 0 Å². The summed E-state index contributed by atoms with van der Waals surface area (Å²) in [4.78, 5) is 19.2. The number of anilines is 1. The predicted octanol–water partition coefficient (Wildman–Crippen LogP) is 2.96. The summed E-state index contributed by atoms with van der Waals surface area (Å²) in [6.07, 6.45) is 6.92. The average molecular weight is 386 g/mol. The van der Waals surface area contributed by atoms with Crippen molar-refractivity contribution in [1.82, 2.24) is 15.5 Å². The first kappa shape index (κ1) is 20.6. The lowest BCUT2D eigenvalue weighted by Crippen LogP contribution is -2.44. The summed E-state index contributed by atoms with van der Waals surface area (Å²) in [5.74, 6) is 1.17. The maximum absolute atomic E-state index is 12.3. The third-order valence-electron chi connectivity index (χ3n) is 6.01. The van der Waals surface area contributed by atoms with Gasteiger partial charge < -0.3 is 16.0 Å². The minimum atomic E-state index is 0.164. The molecule has 1 atom stereocenters. The van der Waals surface area contributed by atoms with E-state index in [2.05, 4.69) is 38.8 Å². The Morgan fingerprint density at radius 3 is 2.75 bits per heavy atom. The number of amides is 1. The molecule has 28 heavy (non-hydrogen) atoms. The lowest BCUT2D eigenvalue weighted by molar-refractivity contribution is -0.119. The maximum Gasteiger partial charge on any atom is 0.227 e. The molecule has 3 N–H and O–H groups in total. The van der Waals surface area contributed by atoms with Gasteiger partial charge in [-0.2, -0.15) is 0 Å². The van der Waals surface area contributed by atoms with E-state index in [1.165, 1.54) is 32.2 Å². The number of aliphatic imine (C=N–C) groups is 1. The normalized spacial score (nSPS) is 21.1. The van der Waals surface area contributed by atoms with E-state index in [1.54, 1.807) is 7.05 Å². The summed E-state index contributed by atoms with van der Waals surface area (Å²) >= 11 is 0. The van der Waals surface area contributed by atoms with Crippen molar-refractivity contribution in [2.24, 2.45) is 10.9 Å². The molecular formula is C22H35N5O. The molecule has 1 saturated heterocycles. The Labute approximate surface area is 169 Å². The van der Waals surface area contributed by atoms with Crippen molar-refractivity contribution < 1.29 is 4.79 Å². The highest BCUT2D eigenvalue weighted by Gasteiger charge is 2.23. The quantitative estimate of drug-likeness (QED) is 0.499. The number of guanidine groups is 1. The van der Waals surface area contributed by atoms with E-state index in [0.717, 1.165) is 43.1 Å². The molecule has 2 fully saturated rings. The third kappa shape index (κ3) is 5.71. The molecule has 0 spiro atoms. The monoisotopic (exact) mass is 385 g/mol. The van der Waals surface area contributed by atoms with Crippen LogP contribution in [0.2, 0.25) is 0 Å². The van der Waals surface area contributed by atoms with Crippen molar-refractivity contribution in [2.75, 3.05) is 32.0 Å². The number of hydrogen-bond acceptors (Lipinski definition) is 3. The minimum absolute atomic E-state index is 0.164. The first-order chi connectivity index (χ1) is 13.7. The molecule has 154 valence electrons. The van der Waals surface area contributed by atoms with Crippen molar-refractivity contribution >= 4 is 17.6 Å². The van der Waals surface area contributed by atoms with E-state index in [4.69, 9.17) is 0 Å². The highest BCUT2D eigenvalue weighted by Crippen LogP contribution is 2.26. The van der Waals surface area contributed by atoms with Crippen LogP contribution in [0.5, 0.6) is 0 Å². The largest absolute Gasteiger partial charge is 0.355 e. The van der Waals surface area contributed by atoms with Gasteiger partial charge in [0.1, 0.15) is 0 Å². The van der Waals surface area contributed by atoms with Crippen LogP contribution in [0.15, 0.2) is 29.3 Å². The van der Waals surface area contributed by atoms with Gasteiger partial charge in [0.15, 0.2) is 5.96 Å². The van der Waals surface area contributed by atoms with Crippen molar-refractivity contribution in [3.63, 3.8) is 0 Å². The average Bonchev–Trinajstić information content (AvgIpc) is 3.40. The summed E-state index contributed by atoms with van der Waals surface area (Å²) in [7, 11) is 1.81. The highest BCUT2D eigenvalue weighted by atomic mass is 16.1. The molecule has 1 unspecified atom stereocenters. The zero-order valence-corrected chi connectivity index (χ0v) is 17.3. The zero-order chi connectivity index (χ0) is 19.8. The summed E-state index contributed by atoms with van der Waals surface area (Å²) < 4.78 is 0. The van der Waals surface area contributed by atoms with Crippen molar-refractivity contribution in [1.29, 1.82) is 0 Å². The molecule has 2 aliphatic rings. The molecule has 0 radical (unpaired) electrons. The van der Waals surface area contributed by atoms with Crippen molar-refractivity contribution in [2.45, 2.75) is 58.0 Å².